The third kappa shape index (κ3) is 8.10. The molecule has 1 atom stereocenters. The summed E-state index contributed by atoms with van der Waals surface area (Å²) in [5.41, 5.74) is -0.142. The maximum Gasteiger partial charge on any atom is 0.374 e. The number of amides is 2. The lowest BCUT2D eigenvalue weighted by Crippen LogP contribution is -2.27. The first-order valence-corrected chi connectivity index (χ1v) is 12.6. The Balaban J connectivity index is 1.78. The average Bonchev–Trinajstić information content (AvgIpc) is 3.19. The van der Waals surface area contributed by atoms with Crippen molar-refractivity contribution in [2.24, 2.45) is 0 Å². The molecule has 0 aromatic heterocycles. The fourth-order valence-corrected chi connectivity index (χ4v) is 3.51. The minimum atomic E-state index is -1.47. The van der Waals surface area contributed by atoms with Gasteiger partial charge in [0.25, 0.3) is 11.8 Å². The number of rotatable bonds is 13. The summed E-state index contributed by atoms with van der Waals surface area (Å²) in [6.07, 6.45) is -1.47. The van der Waals surface area contributed by atoms with Gasteiger partial charge in [-0.05, 0) is 43.3 Å². The summed E-state index contributed by atoms with van der Waals surface area (Å²) < 4.78 is 25.4. The van der Waals surface area contributed by atoms with E-state index in [0.717, 1.165) is 17.9 Å². The Morgan fingerprint density at radius 3 is 2.02 bits per heavy atom. The molecule has 3 rings (SSSR count). The van der Waals surface area contributed by atoms with Crippen molar-refractivity contribution in [2.45, 2.75) is 20.0 Å². The van der Waals surface area contributed by atoms with Crippen molar-refractivity contribution in [1.82, 2.24) is 4.90 Å². The Morgan fingerprint density at radius 1 is 0.767 bits per heavy atom. The molecule has 226 valence electrons. The highest BCUT2D eigenvalue weighted by Gasteiger charge is 2.33. The smallest absolute Gasteiger partial charge is 0.374 e. The lowest BCUT2D eigenvalue weighted by molar-refractivity contribution is -0.155. The lowest BCUT2D eigenvalue weighted by atomic mass is 10.1. The molecule has 0 radical (unpaired) electrons. The number of fused-ring (bicyclic) bond motifs is 1. The van der Waals surface area contributed by atoms with Crippen molar-refractivity contribution in [3.05, 3.63) is 70.8 Å². The van der Waals surface area contributed by atoms with Crippen LogP contribution in [-0.4, -0.2) is 91.1 Å². The van der Waals surface area contributed by atoms with Crippen molar-refractivity contribution < 1.29 is 62.4 Å². The third-order valence-corrected chi connectivity index (χ3v) is 5.73. The number of carbonyl (C=O) groups excluding carboxylic acids is 7. The van der Waals surface area contributed by atoms with Gasteiger partial charge in [-0.3, -0.25) is 19.3 Å². The topological polar surface area (TPSA) is 189 Å². The molecule has 1 aliphatic heterocycles. The zero-order valence-corrected chi connectivity index (χ0v) is 23.4. The number of hydrogen-bond acceptors (Lipinski definition) is 13. The number of aliphatic hydroxyl groups is 1. The monoisotopic (exact) mass is 597 g/mol. The molecule has 14 heteroatoms. The molecule has 2 aromatic carbocycles. The van der Waals surface area contributed by atoms with Gasteiger partial charge in [0, 0.05) is 19.5 Å². The third-order valence-electron chi connectivity index (χ3n) is 5.73. The molecule has 1 aliphatic rings. The molecule has 0 bridgehead atoms. The lowest BCUT2D eigenvalue weighted by Gasteiger charge is -2.14. The number of Topliss-reactive ketones (excluding diaryl/α,β-unsaturated/α-hetero) is 1. The Kier molecular flexibility index (Phi) is 10.5. The molecule has 2 aromatic rings. The van der Waals surface area contributed by atoms with E-state index in [0.29, 0.717) is 0 Å². The summed E-state index contributed by atoms with van der Waals surface area (Å²) in [4.78, 5) is 84.9. The highest BCUT2D eigenvalue weighted by molar-refractivity contribution is 6.32. The van der Waals surface area contributed by atoms with E-state index >= 15 is 0 Å². The van der Waals surface area contributed by atoms with E-state index < -0.39 is 60.8 Å². The number of benzene rings is 2. The van der Waals surface area contributed by atoms with Crippen LogP contribution < -0.4 is 4.74 Å². The summed E-state index contributed by atoms with van der Waals surface area (Å²) in [5.74, 6) is -5.61. The van der Waals surface area contributed by atoms with Gasteiger partial charge < -0.3 is 28.8 Å². The van der Waals surface area contributed by atoms with Crippen molar-refractivity contribution >= 4 is 41.5 Å². The summed E-state index contributed by atoms with van der Waals surface area (Å²) >= 11 is 0. The van der Waals surface area contributed by atoms with Crippen molar-refractivity contribution in [2.75, 3.05) is 33.5 Å². The summed E-state index contributed by atoms with van der Waals surface area (Å²) in [6, 6.07) is 7.89. The van der Waals surface area contributed by atoms with E-state index in [1.807, 2.05) is 0 Å². The van der Waals surface area contributed by atoms with Crippen LogP contribution in [0.2, 0.25) is 0 Å². The molecule has 0 fully saturated rings. The van der Waals surface area contributed by atoms with E-state index in [1.165, 1.54) is 44.3 Å². The van der Waals surface area contributed by atoms with Crippen LogP contribution in [0.1, 0.15) is 55.3 Å². The molecular formula is C29H27NO13. The maximum absolute atomic E-state index is 12.9. The number of nitrogens with zero attached hydrogens (tertiary/aromatic N) is 1. The second-order valence-corrected chi connectivity index (χ2v) is 9.15. The van der Waals surface area contributed by atoms with Crippen LogP contribution in [0, 0.1) is 0 Å². The van der Waals surface area contributed by atoms with Gasteiger partial charge in [-0.15, -0.1) is 0 Å². The van der Waals surface area contributed by atoms with E-state index in [2.05, 4.69) is 11.3 Å². The van der Waals surface area contributed by atoms with Gasteiger partial charge in [0.15, 0.2) is 0 Å². The van der Waals surface area contributed by atoms with Crippen LogP contribution in [-0.2, 0) is 33.3 Å². The summed E-state index contributed by atoms with van der Waals surface area (Å²) in [6.45, 7) is 3.92. The Hall–Kier alpha value is -5.37. The van der Waals surface area contributed by atoms with E-state index in [9.17, 15) is 38.7 Å². The molecule has 1 heterocycles. The number of ether oxygens (including phenoxy) is 5. The van der Waals surface area contributed by atoms with Gasteiger partial charge >= 0.3 is 23.9 Å². The van der Waals surface area contributed by atoms with Gasteiger partial charge in [0.2, 0.25) is 5.78 Å². The molecule has 1 N–H and O–H groups in total. The van der Waals surface area contributed by atoms with E-state index in [1.54, 1.807) is 0 Å². The van der Waals surface area contributed by atoms with Gasteiger partial charge in [0.1, 0.15) is 44.0 Å². The van der Waals surface area contributed by atoms with Crippen LogP contribution in [0.5, 0.6) is 11.5 Å². The first-order valence-electron chi connectivity index (χ1n) is 12.6. The molecule has 14 nitrogen and oxygen atoms in total. The number of imide groups is 1. The van der Waals surface area contributed by atoms with Gasteiger partial charge in [-0.25, -0.2) is 19.2 Å². The van der Waals surface area contributed by atoms with E-state index in [-0.39, 0.29) is 52.5 Å². The predicted molar refractivity (Wildman–Crippen MR) is 143 cm³/mol. The van der Waals surface area contributed by atoms with Crippen LogP contribution in [0.4, 0.5) is 0 Å². The Morgan fingerprint density at radius 2 is 1.35 bits per heavy atom. The normalized spacial score (nSPS) is 12.6. The predicted octanol–water partition coefficient (Wildman–Crippen LogP) is 1.63. The number of ketones is 1. The summed E-state index contributed by atoms with van der Waals surface area (Å²) in [7, 11) is 1.35. The number of aliphatic hydroxyl groups excluding tert-OH is 1. The molecule has 1 unspecified atom stereocenters. The van der Waals surface area contributed by atoms with Gasteiger partial charge in [0.05, 0.1) is 22.3 Å². The molecule has 43 heavy (non-hydrogen) atoms. The molecule has 0 aliphatic carbocycles. The zero-order valence-electron chi connectivity index (χ0n) is 23.4. The Bertz CT molecular complexity index is 1510. The largest absolute Gasteiger partial charge is 0.459 e. The molecule has 0 saturated heterocycles. The van der Waals surface area contributed by atoms with Crippen molar-refractivity contribution in [1.29, 1.82) is 0 Å². The minimum Gasteiger partial charge on any atom is -0.459 e. The standard InChI is InChI=1S/C29H27NO13/c1-15(2)26(35)39-9-10-40-29(38)23-12-19(43-18-5-7-20-22(11-18)25(34)30(4)24(20)33)6-8-21(23)28(37)42-14-17(32)13-41-27(36)16(3)31/h5-8,11-12,17,32H,1,9-10,13-14H2,2-4H3. The quantitative estimate of drug-likeness (QED) is 0.0877. The fourth-order valence-electron chi connectivity index (χ4n) is 3.51. The fraction of sp³-hybridized carbons (Fsp3) is 0.276. The van der Waals surface area contributed by atoms with Gasteiger partial charge in [-0.1, -0.05) is 6.58 Å². The molecular weight excluding hydrogens is 570 g/mol. The number of hydrogen-bond donors (Lipinski definition) is 1. The number of carbonyl (C=O) groups is 7. The van der Waals surface area contributed by atoms with Crippen LogP contribution in [0.3, 0.4) is 0 Å². The summed E-state index contributed by atoms with van der Waals surface area (Å²) in [5, 5.41) is 9.93. The van der Waals surface area contributed by atoms with Crippen LogP contribution in [0.15, 0.2) is 48.6 Å². The van der Waals surface area contributed by atoms with Crippen molar-refractivity contribution in [3.63, 3.8) is 0 Å². The van der Waals surface area contributed by atoms with Crippen LogP contribution >= 0.6 is 0 Å². The average molecular weight is 598 g/mol. The highest BCUT2D eigenvalue weighted by Crippen LogP contribution is 2.30. The zero-order chi connectivity index (χ0) is 31.8. The van der Waals surface area contributed by atoms with Gasteiger partial charge in [-0.2, -0.15) is 0 Å². The highest BCUT2D eigenvalue weighted by atomic mass is 16.6. The molecule has 0 spiro atoms. The maximum atomic E-state index is 12.9. The number of esters is 4. The van der Waals surface area contributed by atoms with Crippen molar-refractivity contribution in [3.8, 4) is 11.5 Å². The second-order valence-electron chi connectivity index (χ2n) is 9.15. The molecule has 2 amide bonds. The minimum absolute atomic E-state index is 0.0402. The molecule has 0 saturated carbocycles. The SMILES string of the molecule is C=C(C)C(=O)OCCOC(=O)c1cc(Oc2ccc3c(c2)C(=O)N(C)C3=O)ccc1C(=O)OCC(O)COC(=O)C(C)=O. The Labute approximate surface area is 244 Å². The first-order chi connectivity index (χ1) is 20.3. The van der Waals surface area contributed by atoms with E-state index in [4.69, 9.17) is 18.9 Å². The van der Waals surface area contributed by atoms with Crippen LogP contribution in [0.25, 0.3) is 0 Å². The first kappa shape index (κ1) is 32.1. The second kappa shape index (κ2) is 14.0.